The minimum Gasteiger partial charge on any atom is -0.496 e. The molecule has 8 heteroatoms. The second-order valence-corrected chi connectivity index (χ2v) is 7.65. The number of hydrogen-bond acceptors (Lipinski definition) is 5. The molecule has 0 bridgehead atoms. The van der Waals surface area contributed by atoms with Gasteiger partial charge < -0.3 is 10.1 Å². The van der Waals surface area contributed by atoms with E-state index in [-0.39, 0.29) is 22.4 Å². The number of amides is 1. The van der Waals surface area contributed by atoms with E-state index in [0.717, 1.165) is 19.5 Å². The molecule has 1 saturated heterocycles. The van der Waals surface area contributed by atoms with Crippen LogP contribution in [0.3, 0.4) is 0 Å². The summed E-state index contributed by atoms with van der Waals surface area (Å²) in [5.74, 6) is -0.0121. The zero-order chi connectivity index (χ0) is 16.6. The van der Waals surface area contributed by atoms with Crippen LogP contribution in [0.25, 0.3) is 0 Å². The molecule has 1 unspecified atom stereocenters. The van der Waals surface area contributed by atoms with Gasteiger partial charge in [-0.05, 0) is 37.5 Å². The summed E-state index contributed by atoms with van der Waals surface area (Å²) in [5, 5.41) is 8.10. The third kappa shape index (κ3) is 3.65. The van der Waals surface area contributed by atoms with Crippen LogP contribution in [0, 0.1) is 0 Å². The Bertz CT molecular complexity index is 715. The summed E-state index contributed by atoms with van der Waals surface area (Å²) in [6.45, 7) is 1.83. The standard InChI is InChI=1S/C15H21N3O4S/c1-22-14-5-4-12(23(16,20)21)8-13(14)15(19)17-10-6-7-18(9-10)11-2-3-11/h4-5,8,10-11H,2-3,6-7,9H2,1H3,(H,17,19)(H2,16,20,21). The number of nitrogens with two attached hydrogens (primary N) is 1. The van der Waals surface area contributed by atoms with Gasteiger partial charge >= 0.3 is 0 Å². The molecule has 3 N–H and O–H groups in total. The predicted octanol–water partition coefficient (Wildman–Crippen LogP) is 0.309. The van der Waals surface area contributed by atoms with Crippen LogP contribution in [-0.4, -0.2) is 51.5 Å². The van der Waals surface area contributed by atoms with Gasteiger partial charge in [-0.15, -0.1) is 0 Å². The number of nitrogens with one attached hydrogen (secondary N) is 1. The largest absolute Gasteiger partial charge is 0.496 e. The van der Waals surface area contributed by atoms with E-state index in [0.29, 0.717) is 11.8 Å². The Morgan fingerprint density at radius 3 is 2.70 bits per heavy atom. The maximum Gasteiger partial charge on any atom is 0.255 e. The van der Waals surface area contributed by atoms with Gasteiger partial charge in [0.2, 0.25) is 10.0 Å². The van der Waals surface area contributed by atoms with Gasteiger partial charge in [0.1, 0.15) is 5.75 Å². The second kappa shape index (κ2) is 6.10. The number of primary sulfonamides is 1. The highest BCUT2D eigenvalue weighted by molar-refractivity contribution is 7.89. The van der Waals surface area contributed by atoms with Crippen LogP contribution < -0.4 is 15.2 Å². The van der Waals surface area contributed by atoms with Crippen LogP contribution in [0.1, 0.15) is 29.6 Å². The molecule has 0 aromatic heterocycles. The summed E-state index contributed by atoms with van der Waals surface area (Å²) < 4.78 is 28.1. The monoisotopic (exact) mass is 339 g/mol. The van der Waals surface area contributed by atoms with Crippen molar-refractivity contribution in [2.45, 2.75) is 36.2 Å². The van der Waals surface area contributed by atoms with E-state index >= 15 is 0 Å². The molecule has 1 amide bonds. The molecule has 1 aliphatic heterocycles. The van der Waals surface area contributed by atoms with E-state index in [1.807, 2.05) is 0 Å². The first-order chi connectivity index (χ1) is 10.9. The van der Waals surface area contributed by atoms with Crippen molar-refractivity contribution < 1.29 is 17.9 Å². The zero-order valence-corrected chi connectivity index (χ0v) is 13.8. The highest BCUT2D eigenvalue weighted by atomic mass is 32.2. The first-order valence-electron chi connectivity index (χ1n) is 7.64. The number of ether oxygens (including phenoxy) is 1. The van der Waals surface area contributed by atoms with Gasteiger partial charge in [-0.1, -0.05) is 0 Å². The maximum absolute atomic E-state index is 12.5. The summed E-state index contributed by atoms with van der Waals surface area (Å²) in [6.07, 6.45) is 3.38. The number of likely N-dealkylation sites (tertiary alicyclic amines) is 1. The minimum absolute atomic E-state index is 0.0749. The smallest absolute Gasteiger partial charge is 0.255 e. The summed E-state index contributed by atoms with van der Waals surface area (Å²) in [5.41, 5.74) is 0.184. The van der Waals surface area contributed by atoms with Crippen molar-refractivity contribution in [3.8, 4) is 5.75 Å². The number of sulfonamides is 1. The average molecular weight is 339 g/mol. The fraction of sp³-hybridized carbons (Fsp3) is 0.533. The number of benzene rings is 1. The van der Waals surface area contributed by atoms with Gasteiger partial charge in [-0.25, -0.2) is 13.6 Å². The molecule has 1 atom stereocenters. The van der Waals surface area contributed by atoms with E-state index in [1.54, 1.807) is 0 Å². The third-order valence-corrected chi connectivity index (χ3v) is 5.27. The number of methoxy groups -OCH3 is 1. The summed E-state index contributed by atoms with van der Waals surface area (Å²) in [6, 6.07) is 4.79. The fourth-order valence-corrected chi connectivity index (χ4v) is 3.52. The number of nitrogens with zero attached hydrogens (tertiary/aromatic N) is 1. The molecular formula is C15H21N3O4S. The molecule has 3 rings (SSSR count). The normalized spacial score (nSPS) is 22.1. The lowest BCUT2D eigenvalue weighted by molar-refractivity contribution is 0.0934. The average Bonchev–Trinajstić information content (AvgIpc) is 3.26. The highest BCUT2D eigenvalue weighted by Crippen LogP contribution is 2.30. The van der Waals surface area contributed by atoms with E-state index in [9.17, 15) is 13.2 Å². The van der Waals surface area contributed by atoms with Gasteiger partial charge in [-0.2, -0.15) is 0 Å². The number of carbonyl (C=O) groups is 1. The van der Waals surface area contributed by atoms with Gasteiger partial charge in [0.05, 0.1) is 17.6 Å². The van der Waals surface area contributed by atoms with Crippen LogP contribution in [0.15, 0.2) is 23.1 Å². The first kappa shape index (κ1) is 16.2. The van der Waals surface area contributed by atoms with Crippen molar-refractivity contribution in [2.24, 2.45) is 5.14 Å². The van der Waals surface area contributed by atoms with Gasteiger partial charge in [0, 0.05) is 25.2 Å². The van der Waals surface area contributed by atoms with Crippen molar-refractivity contribution in [2.75, 3.05) is 20.2 Å². The lowest BCUT2D eigenvalue weighted by Crippen LogP contribution is -2.37. The van der Waals surface area contributed by atoms with Crippen LogP contribution in [0.5, 0.6) is 5.75 Å². The molecule has 1 aromatic rings. The van der Waals surface area contributed by atoms with Crippen LogP contribution >= 0.6 is 0 Å². The maximum atomic E-state index is 12.5. The SMILES string of the molecule is COc1ccc(S(N)(=O)=O)cc1C(=O)NC1CCN(C2CC2)C1. The Kier molecular flexibility index (Phi) is 4.31. The zero-order valence-electron chi connectivity index (χ0n) is 13.0. The fourth-order valence-electron chi connectivity index (χ4n) is 2.98. The minimum atomic E-state index is -3.87. The molecule has 23 heavy (non-hydrogen) atoms. The molecule has 1 heterocycles. The Labute approximate surface area is 135 Å². The molecule has 0 spiro atoms. The molecule has 0 radical (unpaired) electrons. The molecular weight excluding hydrogens is 318 g/mol. The van der Waals surface area contributed by atoms with E-state index in [4.69, 9.17) is 9.88 Å². The van der Waals surface area contributed by atoms with Gasteiger partial charge in [-0.3, -0.25) is 9.69 Å². The summed E-state index contributed by atoms with van der Waals surface area (Å²) in [7, 11) is -2.43. The van der Waals surface area contributed by atoms with Crippen LogP contribution in [-0.2, 0) is 10.0 Å². The van der Waals surface area contributed by atoms with Crippen molar-refractivity contribution in [1.29, 1.82) is 0 Å². The molecule has 7 nitrogen and oxygen atoms in total. The Morgan fingerprint density at radius 2 is 2.09 bits per heavy atom. The van der Waals surface area contributed by atoms with E-state index in [1.165, 1.54) is 38.2 Å². The quantitative estimate of drug-likeness (QED) is 0.804. The van der Waals surface area contributed by atoms with Crippen molar-refractivity contribution in [3.05, 3.63) is 23.8 Å². The Hall–Kier alpha value is -1.64. The van der Waals surface area contributed by atoms with Crippen LogP contribution in [0.2, 0.25) is 0 Å². The molecule has 1 aliphatic carbocycles. The number of rotatable bonds is 5. The lowest BCUT2D eigenvalue weighted by Gasteiger charge is -2.17. The van der Waals surface area contributed by atoms with Crippen molar-refractivity contribution in [3.63, 3.8) is 0 Å². The third-order valence-electron chi connectivity index (χ3n) is 4.36. The Balaban J connectivity index is 1.75. The predicted molar refractivity (Wildman–Crippen MR) is 84.8 cm³/mol. The summed E-state index contributed by atoms with van der Waals surface area (Å²) >= 11 is 0. The molecule has 2 fully saturated rings. The Morgan fingerprint density at radius 1 is 1.35 bits per heavy atom. The second-order valence-electron chi connectivity index (χ2n) is 6.09. The van der Waals surface area contributed by atoms with Gasteiger partial charge in [0.25, 0.3) is 5.91 Å². The van der Waals surface area contributed by atoms with E-state index < -0.39 is 10.0 Å². The number of hydrogen-bond donors (Lipinski definition) is 2. The molecule has 1 aromatic carbocycles. The van der Waals surface area contributed by atoms with Crippen molar-refractivity contribution in [1.82, 2.24) is 10.2 Å². The molecule has 2 aliphatic rings. The van der Waals surface area contributed by atoms with Crippen molar-refractivity contribution >= 4 is 15.9 Å². The number of carbonyl (C=O) groups excluding carboxylic acids is 1. The van der Waals surface area contributed by atoms with Crippen LogP contribution in [0.4, 0.5) is 0 Å². The summed E-state index contributed by atoms with van der Waals surface area (Å²) in [4.78, 5) is 14.8. The highest BCUT2D eigenvalue weighted by Gasteiger charge is 2.35. The van der Waals surface area contributed by atoms with Gasteiger partial charge in [0.15, 0.2) is 0 Å². The molecule has 1 saturated carbocycles. The first-order valence-corrected chi connectivity index (χ1v) is 9.19. The molecule has 126 valence electrons. The lowest BCUT2D eigenvalue weighted by atomic mass is 10.1. The van der Waals surface area contributed by atoms with E-state index in [2.05, 4.69) is 10.2 Å². The topological polar surface area (TPSA) is 102 Å².